The number of imidazole rings is 1. The van der Waals surface area contributed by atoms with E-state index >= 15 is 0 Å². The van der Waals surface area contributed by atoms with Gasteiger partial charge < -0.3 is 15.2 Å². The topological polar surface area (TPSA) is 64.2 Å². The maximum absolute atomic E-state index is 12.1. The number of hydrogen-bond acceptors (Lipinski definition) is 3. The van der Waals surface area contributed by atoms with Gasteiger partial charge in [-0.25, -0.2) is 4.98 Å². The highest BCUT2D eigenvalue weighted by atomic mass is 16.2. The summed E-state index contributed by atoms with van der Waals surface area (Å²) in [5, 5.41) is 0. The average Bonchev–Trinajstić information content (AvgIpc) is 3.08. The van der Waals surface area contributed by atoms with Crippen LogP contribution in [0.15, 0.2) is 43.0 Å². The van der Waals surface area contributed by atoms with Crippen molar-refractivity contribution >= 4 is 11.6 Å². The minimum absolute atomic E-state index is 0.142. The van der Waals surface area contributed by atoms with E-state index in [4.69, 9.17) is 5.73 Å². The second-order valence-electron chi connectivity index (χ2n) is 4.77. The van der Waals surface area contributed by atoms with Gasteiger partial charge in [0.25, 0.3) is 0 Å². The Hall–Kier alpha value is -2.14. The summed E-state index contributed by atoms with van der Waals surface area (Å²) in [4.78, 5) is 18.0. The Morgan fingerprint density at radius 2 is 2.11 bits per heavy atom. The van der Waals surface area contributed by atoms with E-state index in [1.165, 1.54) is 0 Å². The molecule has 5 nitrogen and oxygen atoms in total. The molecule has 0 saturated carbocycles. The number of amides is 1. The number of hydrogen-bond donors (Lipinski definition) is 1. The maximum atomic E-state index is 12.1. The largest absolute Gasteiger partial charge is 0.330 e. The Balaban J connectivity index is 2.00. The minimum atomic E-state index is 0.142. The molecule has 1 aromatic carbocycles. The number of carbonyl (C=O) groups excluding carboxylic acids is 1. The van der Waals surface area contributed by atoms with Crippen molar-refractivity contribution in [1.82, 2.24) is 9.55 Å². The molecule has 1 amide bonds. The molecular weight excluding hydrogens is 240 g/mol. The van der Waals surface area contributed by atoms with Crippen molar-refractivity contribution in [3.63, 3.8) is 0 Å². The molecule has 1 atom stereocenters. The fraction of sp³-hybridized carbons (Fsp3) is 0.286. The molecule has 1 aliphatic heterocycles. The smallest absolute Gasteiger partial charge is 0.227 e. The van der Waals surface area contributed by atoms with E-state index in [-0.39, 0.29) is 11.8 Å². The summed E-state index contributed by atoms with van der Waals surface area (Å²) in [5.41, 5.74) is 7.56. The average molecular weight is 256 g/mol. The van der Waals surface area contributed by atoms with Gasteiger partial charge >= 0.3 is 0 Å². The highest BCUT2D eigenvalue weighted by Crippen LogP contribution is 2.29. The molecule has 1 aliphatic rings. The molecule has 1 aromatic heterocycles. The molecule has 1 fully saturated rings. The Labute approximate surface area is 111 Å². The molecule has 0 spiro atoms. The number of nitrogens with two attached hydrogens (primary N) is 1. The van der Waals surface area contributed by atoms with Crippen molar-refractivity contribution in [1.29, 1.82) is 0 Å². The van der Waals surface area contributed by atoms with Crippen molar-refractivity contribution in [2.24, 2.45) is 11.7 Å². The first-order valence-corrected chi connectivity index (χ1v) is 6.37. The number of rotatable bonds is 3. The molecule has 2 aromatic rings. The van der Waals surface area contributed by atoms with Crippen LogP contribution in [0.4, 0.5) is 5.69 Å². The zero-order valence-electron chi connectivity index (χ0n) is 10.6. The number of nitrogens with zero attached hydrogens (tertiary/aromatic N) is 3. The fourth-order valence-corrected chi connectivity index (χ4v) is 2.48. The second-order valence-corrected chi connectivity index (χ2v) is 4.77. The first-order chi connectivity index (χ1) is 9.29. The highest BCUT2D eigenvalue weighted by Gasteiger charge is 2.30. The lowest BCUT2D eigenvalue weighted by Crippen LogP contribution is -2.26. The highest BCUT2D eigenvalue weighted by molar-refractivity contribution is 5.97. The van der Waals surface area contributed by atoms with Gasteiger partial charge in [0.2, 0.25) is 5.91 Å². The molecule has 3 rings (SSSR count). The summed E-state index contributed by atoms with van der Waals surface area (Å²) in [7, 11) is 0. The zero-order chi connectivity index (χ0) is 13.2. The predicted molar refractivity (Wildman–Crippen MR) is 73.1 cm³/mol. The van der Waals surface area contributed by atoms with Crippen LogP contribution < -0.4 is 10.6 Å². The van der Waals surface area contributed by atoms with Gasteiger partial charge in [0.15, 0.2) is 0 Å². The van der Waals surface area contributed by atoms with E-state index in [1.807, 2.05) is 39.9 Å². The van der Waals surface area contributed by atoms with Crippen LogP contribution in [0.5, 0.6) is 0 Å². The Morgan fingerprint density at radius 1 is 1.32 bits per heavy atom. The van der Waals surface area contributed by atoms with Gasteiger partial charge in [-0.2, -0.15) is 0 Å². The molecule has 0 bridgehead atoms. The lowest BCUT2D eigenvalue weighted by atomic mass is 10.1. The molecule has 0 radical (unpaired) electrons. The van der Waals surface area contributed by atoms with Gasteiger partial charge in [-0.15, -0.1) is 0 Å². The molecule has 2 heterocycles. The molecular formula is C14H16N4O. The van der Waals surface area contributed by atoms with E-state index in [2.05, 4.69) is 4.98 Å². The Bertz CT molecular complexity index is 579. The molecule has 0 aliphatic carbocycles. The van der Waals surface area contributed by atoms with Crippen molar-refractivity contribution in [2.75, 3.05) is 18.0 Å². The van der Waals surface area contributed by atoms with Crippen molar-refractivity contribution in [3.05, 3.63) is 43.0 Å². The van der Waals surface area contributed by atoms with Crippen LogP contribution in [-0.2, 0) is 4.79 Å². The van der Waals surface area contributed by atoms with E-state index in [9.17, 15) is 4.79 Å². The lowest BCUT2D eigenvalue weighted by molar-refractivity contribution is -0.117. The normalized spacial score (nSPS) is 19.1. The number of anilines is 1. The summed E-state index contributed by atoms with van der Waals surface area (Å²) in [6.45, 7) is 1.25. The monoisotopic (exact) mass is 256 g/mol. The van der Waals surface area contributed by atoms with Crippen LogP contribution in [0, 0.1) is 5.92 Å². The summed E-state index contributed by atoms with van der Waals surface area (Å²) < 4.78 is 1.92. The van der Waals surface area contributed by atoms with Gasteiger partial charge in [-0.3, -0.25) is 4.79 Å². The Kier molecular flexibility index (Phi) is 3.05. The van der Waals surface area contributed by atoms with Crippen LogP contribution in [0.1, 0.15) is 6.42 Å². The predicted octanol–water partition coefficient (Wildman–Crippen LogP) is 1.18. The number of benzene rings is 1. The first kappa shape index (κ1) is 11.9. The van der Waals surface area contributed by atoms with Gasteiger partial charge in [0.1, 0.15) is 0 Å². The van der Waals surface area contributed by atoms with Crippen LogP contribution in [0.3, 0.4) is 0 Å². The van der Waals surface area contributed by atoms with Gasteiger partial charge in [-0.05, 0) is 24.6 Å². The molecule has 19 heavy (non-hydrogen) atoms. The summed E-state index contributed by atoms with van der Waals surface area (Å²) in [6.07, 6.45) is 5.87. The minimum Gasteiger partial charge on any atom is -0.330 e. The fourth-order valence-electron chi connectivity index (χ4n) is 2.48. The molecule has 1 saturated heterocycles. The van der Waals surface area contributed by atoms with Gasteiger partial charge in [0, 0.05) is 25.4 Å². The summed E-state index contributed by atoms with van der Waals surface area (Å²) >= 11 is 0. The number of para-hydroxylation sites is 2. The van der Waals surface area contributed by atoms with Crippen LogP contribution >= 0.6 is 0 Å². The third-order valence-electron chi connectivity index (χ3n) is 3.49. The maximum Gasteiger partial charge on any atom is 0.227 e. The van der Waals surface area contributed by atoms with E-state index < -0.39 is 0 Å². The molecule has 1 unspecified atom stereocenters. The van der Waals surface area contributed by atoms with E-state index in [0.29, 0.717) is 19.5 Å². The number of carbonyl (C=O) groups is 1. The summed E-state index contributed by atoms with van der Waals surface area (Å²) in [5.74, 6) is 0.395. The molecule has 2 N–H and O–H groups in total. The van der Waals surface area contributed by atoms with Crippen molar-refractivity contribution in [2.45, 2.75) is 6.42 Å². The van der Waals surface area contributed by atoms with Crippen LogP contribution in [0.25, 0.3) is 5.69 Å². The molecule has 98 valence electrons. The molecule has 5 heteroatoms. The third kappa shape index (κ3) is 2.13. The van der Waals surface area contributed by atoms with Gasteiger partial charge in [0.05, 0.1) is 17.7 Å². The SMILES string of the molecule is NCC1CC(=O)N(c2ccccc2-n2ccnc2)C1. The van der Waals surface area contributed by atoms with Crippen LogP contribution in [-0.4, -0.2) is 28.5 Å². The first-order valence-electron chi connectivity index (χ1n) is 6.37. The third-order valence-corrected chi connectivity index (χ3v) is 3.49. The second kappa shape index (κ2) is 4.85. The van der Waals surface area contributed by atoms with Crippen molar-refractivity contribution < 1.29 is 4.79 Å². The van der Waals surface area contributed by atoms with Crippen molar-refractivity contribution in [3.8, 4) is 5.69 Å². The van der Waals surface area contributed by atoms with E-state index in [0.717, 1.165) is 11.4 Å². The quantitative estimate of drug-likeness (QED) is 0.897. The standard InChI is InChI=1S/C14H16N4O/c15-8-11-7-14(19)18(9-11)13-4-2-1-3-12(13)17-6-5-16-10-17/h1-6,10-11H,7-9,15H2. The van der Waals surface area contributed by atoms with Gasteiger partial charge in [-0.1, -0.05) is 12.1 Å². The zero-order valence-corrected chi connectivity index (χ0v) is 10.6. The summed E-state index contributed by atoms with van der Waals surface area (Å²) in [6, 6.07) is 7.85. The van der Waals surface area contributed by atoms with E-state index in [1.54, 1.807) is 12.5 Å². The Morgan fingerprint density at radius 3 is 2.74 bits per heavy atom. The number of aromatic nitrogens is 2. The van der Waals surface area contributed by atoms with Crippen LogP contribution in [0.2, 0.25) is 0 Å². The lowest BCUT2D eigenvalue weighted by Gasteiger charge is -2.20.